The Kier molecular flexibility index (Phi) is 6.54. The Hall–Kier alpha value is -1.38. The molecule has 1 aliphatic rings. The van der Waals surface area contributed by atoms with E-state index in [1.165, 1.54) is 0 Å². The number of esters is 1. The average Bonchev–Trinajstić information content (AvgIpc) is 2.61. The molecule has 0 aromatic heterocycles. The van der Waals surface area contributed by atoms with Gasteiger partial charge in [0.1, 0.15) is 0 Å². The second kappa shape index (κ2) is 7.93. The molecule has 0 aromatic rings. The number of unbranched alkanes of at least 4 members (excludes halogenated alkanes) is 1. The van der Waals surface area contributed by atoms with Gasteiger partial charge in [-0.2, -0.15) is 0 Å². The number of ether oxygens (including phenoxy) is 1. The number of hydrogen-bond acceptors (Lipinski definition) is 3. The van der Waals surface area contributed by atoms with E-state index in [0.29, 0.717) is 18.8 Å². The molecule has 19 heavy (non-hydrogen) atoms. The van der Waals surface area contributed by atoms with Crippen molar-refractivity contribution in [3.63, 3.8) is 0 Å². The van der Waals surface area contributed by atoms with Crippen LogP contribution in [0.1, 0.15) is 52.9 Å². The molecule has 0 aromatic carbocycles. The zero-order valence-corrected chi connectivity index (χ0v) is 12.1. The van der Waals surface area contributed by atoms with Gasteiger partial charge in [0, 0.05) is 12.8 Å². The number of rotatable bonds is 7. The van der Waals surface area contributed by atoms with Gasteiger partial charge in [-0.25, -0.2) is 0 Å². The Morgan fingerprint density at radius 2 is 2.21 bits per heavy atom. The molecule has 106 valence electrons. The minimum absolute atomic E-state index is 0.0367. The molecule has 3 nitrogen and oxygen atoms in total. The zero-order valence-electron chi connectivity index (χ0n) is 12.1. The van der Waals surface area contributed by atoms with E-state index in [2.05, 4.69) is 13.0 Å². The number of ketones is 1. The van der Waals surface area contributed by atoms with E-state index < -0.39 is 0 Å². The van der Waals surface area contributed by atoms with Gasteiger partial charge in [-0.05, 0) is 44.6 Å². The molecule has 1 rings (SSSR count). The van der Waals surface area contributed by atoms with E-state index in [0.717, 1.165) is 24.8 Å². The molecule has 0 radical (unpaired) electrons. The van der Waals surface area contributed by atoms with E-state index in [1.807, 2.05) is 26.0 Å². The van der Waals surface area contributed by atoms with Crippen molar-refractivity contribution >= 4 is 11.8 Å². The number of carbonyl (C=O) groups is 2. The Balaban J connectivity index is 2.13. The highest BCUT2D eigenvalue weighted by Crippen LogP contribution is 2.22. The highest BCUT2D eigenvalue weighted by molar-refractivity contribution is 5.98. The smallest absolute Gasteiger partial charge is 0.306 e. The number of hydrogen-bond donors (Lipinski definition) is 0. The average molecular weight is 264 g/mol. The molecule has 0 amide bonds. The molecule has 0 heterocycles. The van der Waals surface area contributed by atoms with Crippen LogP contribution in [0.4, 0.5) is 0 Å². The third-order valence-electron chi connectivity index (χ3n) is 2.97. The van der Waals surface area contributed by atoms with Gasteiger partial charge in [-0.1, -0.05) is 25.2 Å². The second-order valence-electron chi connectivity index (χ2n) is 5.40. The fourth-order valence-electron chi connectivity index (χ4n) is 2.11. The van der Waals surface area contributed by atoms with E-state index in [1.54, 1.807) is 0 Å². The van der Waals surface area contributed by atoms with Crippen molar-refractivity contribution in [2.45, 2.75) is 59.0 Å². The van der Waals surface area contributed by atoms with Crippen LogP contribution in [0.3, 0.4) is 0 Å². The van der Waals surface area contributed by atoms with E-state index in [4.69, 9.17) is 4.74 Å². The molecule has 0 bridgehead atoms. The van der Waals surface area contributed by atoms with Crippen molar-refractivity contribution in [1.82, 2.24) is 0 Å². The molecule has 0 spiro atoms. The summed E-state index contributed by atoms with van der Waals surface area (Å²) >= 11 is 0. The lowest BCUT2D eigenvalue weighted by molar-refractivity contribution is -0.147. The molecule has 0 saturated carbocycles. The fraction of sp³-hybridized carbons (Fsp3) is 0.625. The Morgan fingerprint density at radius 1 is 1.47 bits per heavy atom. The minimum atomic E-state index is -0.133. The van der Waals surface area contributed by atoms with Crippen LogP contribution in [0.15, 0.2) is 23.8 Å². The maximum absolute atomic E-state index is 11.5. The lowest BCUT2D eigenvalue weighted by Crippen LogP contribution is -2.10. The van der Waals surface area contributed by atoms with Gasteiger partial charge in [0.25, 0.3) is 0 Å². The summed E-state index contributed by atoms with van der Waals surface area (Å²) in [5.41, 5.74) is 0.933. The standard InChI is InChI=1S/C16H24O3/c1-12(2)19-16(18)9-7-5-4-6-8-14-10-13(3)11-15(14)17/h4,6,10,12-13H,5,7-9,11H2,1-3H3/b6-4-/t13-/m0/s1. The maximum Gasteiger partial charge on any atom is 0.306 e. The summed E-state index contributed by atoms with van der Waals surface area (Å²) in [5, 5.41) is 0. The normalized spacial score (nSPS) is 19.3. The summed E-state index contributed by atoms with van der Waals surface area (Å²) in [6.07, 6.45) is 9.58. The minimum Gasteiger partial charge on any atom is -0.463 e. The monoisotopic (exact) mass is 264 g/mol. The summed E-state index contributed by atoms with van der Waals surface area (Å²) in [4.78, 5) is 22.8. The van der Waals surface area contributed by atoms with Crippen LogP contribution in [0, 0.1) is 5.92 Å². The molecular formula is C16H24O3. The molecule has 0 aliphatic heterocycles. The largest absolute Gasteiger partial charge is 0.463 e. The van der Waals surface area contributed by atoms with Crippen molar-refractivity contribution in [2.24, 2.45) is 5.92 Å². The lowest BCUT2D eigenvalue weighted by atomic mass is 10.1. The topological polar surface area (TPSA) is 43.4 Å². The molecule has 3 heteroatoms. The van der Waals surface area contributed by atoms with Gasteiger partial charge in [0.05, 0.1) is 6.10 Å². The third-order valence-corrected chi connectivity index (χ3v) is 2.97. The third kappa shape index (κ3) is 6.37. The van der Waals surface area contributed by atoms with Crippen molar-refractivity contribution in [3.8, 4) is 0 Å². The first-order valence-corrected chi connectivity index (χ1v) is 7.07. The summed E-state index contributed by atoms with van der Waals surface area (Å²) < 4.78 is 5.05. The Labute approximate surface area is 115 Å². The van der Waals surface area contributed by atoms with Gasteiger partial charge in [0.2, 0.25) is 0 Å². The van der Waals surface area contributed by atoms with Crippen LogP contribution in [0.2, 0.25) is 0 Å². The SMILES string of the molecule is CC(C)OC(=O)CCC/C=C\CC1=C[C@H](C)CC1=O. The summed E-state index contributed by atoms with van der Waals surface area (Å²) in [7, 11) is 0. The molecule has 0 saturated heterocycles. The van der Waals surface area contributed by atoms with Crippen LogP contribution in [-0.2, 0) is 14.3 Å². The number of Topliss-reactive ketones (excluding diaryl/α,β-unsaturated/α-hetero) is 1. The molecule has 0 fully saturated rings. The van der Waals surface area contributed by atoms with E-state index in [-0.39, 0.29) is 17.9 Å². The summed E-state index contributed by atoms with van der Waals surface area (Å²) in [6, 6.07) is 0. The number of allylic oxidation sites excluding steroid dienone is 4. The van der Waals surface area contributed by atoms with Crippen LogP contribution in [-0.4, -0.2) is 17.9 Å². The van der Waals surface area contributed by atoms with Gasteiger partial charge in [0.15, 0.2) is 5.78 Å². The quantitative estimate of drug-likeness (QED) is 0.401. The van der Waals surface area contributed by atoms with Gasteiger partial charge in [-0.15, -0.1) is 0 Å². The fourth-order valence-corrected chi connectivity index (χ4v) is 2.11. The molecule has 1 atom stereocenters. The first-order valence-electron chi connectivity index (χ1n) is 7.07. The van der Waals surface area contributed by atoms with Crippen LogP contribution >= 0.6 is 0 Å². The van der Waals surface area contributed by atoms with Crippen LogP contribution in [0.25, 0.3) is 0 Å². The van der Waals surface area contributed by atoms with Gasteiger partial charge in [-0.3, -0.25) is 9.59 Å². The molecule has 0 unspecified atom stereocenters. The van der Waals surface area contributed by atoms with Gasteiger partial charge >= 0.3 is 5.97 Å². The van der Waals surface area contributed by atoms with Crippen LogP contribution in [0.5, 0.6) is 0 Å². The van der Waals surface area contributed by atoms with Crippen molar-refractivity contribution in [3.05, 3.63) is 23.8 Å². The predicted octanol–water partition coefficient (Wildman–Crippen LogP) is 3.59. The highest BCUT2D eigenvalue weighted by Gasteiger charge is 2.18. The summed E-state index contributed by atoms with van der Waals surface area (Å²) in [5.74, 6) is 0.533. The Morgan fingerprint density at radius 3 is 2.79 bits per heavy atom. The van der Waals surface area contributed by atoms with Crippen LogP contribution < -0.4 is 0 Å². The van der Waals surface area contributed by atoms with Gasteiger partial charge < -0.3 is 4.74 Å². The Bertz CT molecular complexity index is 377. The molecular weight excluding hydrogens is 240 g/mol. The molecule has 0 N–H and O–H groups in total. The zero-order chi connectivity index (χ0) is 14.3. The highest BCUT2D eigenvalue weighted by atomic mass is 16.5. The maximum atomic E-state index is 11.5. The van der Waals surface area contributed by atoms with E-state index in [9.17, 15) is 9.59 Å². The number of carbonyl (C=O) groups excluding carboxylic acids is 2. The summed E-state index contributed by atoms with van der Waals surface area (Å²) in [6.45, 7) is 5.77. The van der Waals surface area contributed by atoms with Crippen molar-refractivity contribution in [1.29, 1.82) is 0 Å². The first-order chi connectivity index (χ1) is 8.99. The first kappa shape index (κ1) is 15.7. The molecule has 1 aliphatic carbocycles. The lowest BCUT2D eigenvalue weighted by Gasteiger charge is -2.06. The van der Waals surface area contributed by atoms with Crippen molar-refractivity contribution in [2.75, 3.05) is 0 Å². The van der Waals surface area contributed by atoms with E-state index >= 15 is 0 Å². The second-order valence-corrected chi connectivity index (χ2v) is 5.40. The predicted molar refractivity (Wildman–Crippen MR) is 75.7 cm³/mol. The van der Waals surface area contributed by atoms with Crippen molar-refractivity contribution < 1.29 is 14.3 Å².